The van der Waals surface area contributed by atoms with E-state index >= 15 is 0 Å². The highest BCUT2D eigenvalue weighted by molar-refractivity contribution is 5.88. The molecular weight excluding hydrogens is 630 g/mol. The predicted octanol–water partition coefficient (Wildman–Crippen LogP) is 6.22. The second kappa shape index (κ2) is 15.1. The molecule has 1 aliphatic carbocycles. The standard InChI is InChI=1S/C41H41N3O6/c1-47-41(46)36(18-26-6-10-29(11-7-26)30-12-8-27(22-42)9-13-30)44-40(45)35-19-32-20-37-38(21-33(32)23-43-35)50-39(25-49-37)31-14-16-34(17-15-31)48-24-28-4-2-3-5-28/h6-17,20-21,28,35-36,39,43H,2-5,18-19,23-25H2,1H3,(H,44,45). The topological polar surface area (TPSA) is 119 Å². The number of hydrogen-bond acceptors (Lipinski definition) is 8. The highest BCUT2D eigenvalue weighted by Gasteiger charge is 2.31. The number of benzene rings is 4. The molecule has 0 radical (unpaired) electrons. The summed E-state index contributed by atoms with van der Waals surface area (Å²) < 4.78 is 23.6. The molecule has 9 heteroatoms. The zero-order valence-electron chi connectivity index (χ0n) is 28.2. The van der Waals surface area contributed by atoms with Crippen LogP contribution in [0.3, 0.4) is 0 Å². The average molecular weight is 672 g/mol. The molecule has 7 rings (SSSR count). The van der Waals surface area contributed by atoms with Gasteiger partial charge in [-0.15, -0.1) is 0 Å². The summed E-state index contributed by atoms with van der Waals surface area (Å²) in [6, 6.07) is 28.0. The summed E-state index contributed by atoms with van der Waals surface area (Å²) in [6.07, 6.45) is 5.62. The second-order valence-corrected chi connectivity index (χ2v) is 13.3. The molecule has 4 aromatic rings. The van der Waals surface area contributed by atoms with Crippen molar-refractivity contribution in [3.8, 4) is 34.4 Å². The average Bonchev–Trinajstić information content (AvgIpc) is 3.70. The minimum atomic E-state index is -0.846. The molecule has 50 heavy (non-hydrogen) atoms. The van der Waals surface area contributed by atoms with E-state index in [9.17, 15) is 9.59 Å². The molecular formula is C41H41N3O6. The molecule has 0 saturated heterocycles. The van der Waals surface area contributed by atoms with Crippen molar-refractivity contribution in [1.82, 2.24) is 10.6 Å². The van der Waals surface area contributed by atoms with Crippen LogP contribution >= 0.6 is 0 Å². The maximum absolute atomic E-state index is 13.5. The van der Waals surface area contributed by atoms with Gasteiger partial charge in [0, 0.05) is 13.0 Å². The van der Waals surface area contributed by atoms with Gasteiger partial charge in [-0.1, -0.05) is 61.4 Å². The number of fused-ring (bicyclic) bond motifs is 2. The molecule has 4 aromatic carbocycles. The summed E-state index contributed by atoms with van der Waals surface area (Å²) in [4.78, 5) is 26.2. The van der Waals surface area contributed by atoms with Gasteiger partial charge in [0.25, 0.3) is 0 Å². The number of methoxy groups -OCH3 is 1. The van der Waals surface area contributed by atoms with Gasteiger partial charge >= 0.3 is 5.97 Å². The van der Waals surface area contributed by atoms with E-state index in [0.29, 0.717) is 42.6 Å². The zero-order valence-corrected chi connectivity index (χ0v) is 28.2. The van der Waals surface area contributed by atoms with E-state index in [1.165, 1.54) is 32.8 Å². The maximum Gasteiger partial charge on any atom is 0.328 e. The number of hydrogen-bond donors (Lipinski definition) is 2. The van der Waals surface area contributed by atoms with Crippen molar-refractivity contribution in [2.75, 3.05) is 20.3 Å². The van der Waals surface area contributed by atoms with Crippen LogP contribution in [0.2, 0.25) is 0 Å². The van der Waals surface area contributed by atoms with Crippen molar-refractivity contribution in [3.63, 3.8) is 0 Å². The van der Waals surface area contributed by atoms with Crippen LogP contribution in [0, 0.1) is 17.2 Å². The summed E-state index contributed by atoms with van der Waals surface area (Å²) in [7, 11) is 1.32. The fourth-order valence-electron chi connectivity index (χ4n) is 7.02. The molecule has 1 saturated carbocycles. The minimum absolute atomic E-state index is 0.234. The lowest BCUT2D eigenvalue weighted by molar-refractivity contribution is -0.145. The maximum atomic E-state index is 13.5. The number of carbonyl (C=O) groups excluding carboxylic acids is 2. The third kappa shape index (κ3) is 7.61. The molecule has 1 fully saturated rings. The van der Waals surface area contributed by atoms with E-state index in [2.05, 4.69) is 16.7 Å². The Morgan fingerprint density at radius 2 is 1.64 bits per heavy atom. The first-order valence-corrected chi connectivity index (χ1v) is 17.3. The molecule has 2 aliphatic heterocycles. The highest BCUT2D eigenvalue weighted by atomic mass is 16.6. The summed E-state index contributed by atoms with van der Waals surface area (Å²) >= 11 is 0. The first-order chi connectivity index (χ1) is 24.4. The van der Waals surface area contributed by atoms with Gasteiger partial charge in [0.05, 0.1) is 31.4 Å². The van der Waals surface area contributed by atoms with Crippen LogP contribution in [0.5, 0.6) is 17.2 Å². The number of nitriles is 1. The largest absolute Gasteiger partial charge is 0.493 e. The SMILES string of the molecule is COC(=O)C(Cc1ccc(-c2ccc(C#N)cc2)cc1)NC(=O)C1Cc2cc3c(cc2CN1)OC(c1ccc(OCC2CCCC2)cc1)CO3. The van der Waals surface area contributed by atoms with Crippen LogP contribution in [0.1, 0.15) is 59.6 Å². The van der Waals surface area contributed by atoms with Crippen LogP contribution in [-0.2, 0) is 33.7 Å². The van der Waals surface area contributed by atoms with Crippen LogP contribution in [-0.4, -0.2) is 44.3 Å². The molecule has 256 valence electrons. The predicted molar refractivity (Wildman–Crippen MR) is 188 cm³/mol. The number of amides is 1. The third-order valence-corrected chi connectivity index (χ3v) is 9.96. The first-order valence-electron chi connectivity index (χ1n) is 17.3. The number of nitrogens with one attached hydrogen (secondary N) is 2. The Kier molecular flexibility index (Phi) is 9.99. The number of esters is 1. The lowest BCUT2D eigenvalue weighted by Crippen LogP contribution is -2.53. The Balaban J connectivity index is 0.954. The molecule has 3 aliphatic rings. The van der Waals surface area contributed by atoms with E-state index in [-0.39, 0.29) is 18.4 Å². The molecule has 3 atom stereocenters. The van der Waals surface area contributed by atoms with Crippen molar-refractivity contribution in [1.29, 1.82) is 5.26 Å². The van der Waals surface area contributed by atoms with E-state index in [1.54, 1.807) is 12.1 Å². The van der Waals surface area contributed by atoms with Crippen molar-refractivity contribution < 1.29 is 28.5 Å². The summed E-state index contributed by atoms with van der Waals surface area (Å²) in [6.45, 7) is 1.63. The zero-order chi connectivity index (χ0) is 34.5. The van der Waals surface area contributed by atoms with Crippen molar-refractivity contribution in [3.05, 3.63) is 113 Å². The van der Waals surface area contributed by atoms with Crippen molar-refractivity contribution in [2.24, 2.45) is 5.92 Å². The van der Waals surface area contributed by atoms with Crippen molar-refractivity contribution >= 4 is 11.9 Å². The first kappa shape index (κ1) is 33.2. The normalized spacial score (nSPS) is 18.7. The second-order valence-electron chi connectivity index (χ2n) is 13.3. The van der Waals surface area contributed by atoms with Gasteiger partial charge in [0.15, 0.2) is 17.6 Å². The van der Waals surface area contributed by atoms with Gasteiger partial charge in [-0.05, 0) is 95.0 Å². The Morgan fingerprint density at radius 1 is 0.940 bits per heavy atom. The Labute approximate surface area is 292 Å². The van der Waals surface area contributed by atoms with E-state index in [0.717, 1.165) is 45.7 Å². The number of ether oxygens (including phenoxy) is 4. The molecule has 0 spiro atoms. The van der Waals surface area contributed by atoms with Crippen LogP contribution < -0.4 is 24.8 Å². The van der Waals surface area contributed by atoms with E-state index in [4.69, 9.17) is 24.2 Å². The Morgan fingerprint density at radius 3 is 2.34 bits per heavy atom. The van der Waals surface area contributed by atoms with E-state index < -0.39 is 18.1 Å². The lowest BCUT2D eigenvalue weighted by atomic mass is 9.94. The number of nitrogens with zero attached hydrogens (tertiary/aromatic N) is 1. The highest BCUT2D eigenvalue weighted by Crippen LogP contribution is 2.40. The molecule has 9 nitrogen and oxygen atoms in total. The minimum Gasteiger partial charge on any atom is -0.493 e. The van der Waals surface area contributed by atoms with Gasteiger partial charge < -0.3 is 29.6 Å². The molecule has 1 amide bonds. The number of rotatable bonds is 10. The van der Waals surface area contributed by atoms with Crippen LogP contribution in [0.4, 0.5) is 0 Å². The van der Waals surface area contributed by atoms with Crippen LogP contribution in [0.15, 0.2) is 84.9 Å². The van der Waals surface area contributed by atoms with Crippen LogP contribution in [0.25, 0.3) is 11.1 Å². The van der Waals surface area contributed by atoms with Gasteiger partial charge in [-0.2, -0.15) is 5.26 Å². The fraction of sp³-hybridized carbons (Fsp3) is 0.341. The Hall–Kier alpha value is -5.33. The summed E-state index contributed by atoms with van der Waals surface area (Å²) in [5.74, 6) is 2.11. The lowest BCUT2D eigenvalue weighted by Gasteiger charge is -2.31. The smallest absolute Gasteiger partial charge is 0.328 e. The van der Waals surface area contributed by atoms with Gasteiger partial charge in [-0.3, -0.25) is 4.79 Å². The van der Waals surface area contributed by atoms with Gasteiger partial charge in [-0.25, -0.2) is 4.79 Å². The third-order valence-electron chi connectivity index (χ3n) is 9.96. The number of carbonyl (C=O) groups is 2. The summed E-state index contributed by atoms with van der Waals surface area (Å²) in [5, 5.41) is 15.3. The van der Waals surface area contributed by atoms with Gasteiger partial charge in [0.1, 0.15) is 18.4 Å². The molecule has 0 aromatic heterocycles. The Bertz CT molecular complexity index is 1860. The quantitative estimate of drug-likeness (QED) is 0.191. The van der Waals surface area contributed by atoms with E-state index in [1.807, 2.05) is 72.8 Å². The molecule has 2 heterocycles. The monoisotopic (exact) mass is 671 g/mol. The fourth-order valence-corrected chi connectivity index (χ4v) is 7.02. The molecule has 2 N–H and O–H groups in total. The van der Waals surface area contributed by atoms with Crippen molar-refractivity contribution in [2.45, 2.75) is 63.3 Å². The molecule has 3 unspecified atom stereocenters. The summed E-state index contributed by atoms with van der Waals surface area (Å²) in [5.41, 5.74) is 6.53. The molecule has 0 bridgehead atoms. The van der Waals surface area contributed by atoms with Gasteiger partial charge in [0.2, 0.25) is 5.91 Å².